The van der Waals surface area contributed by atoms with E-state index < -0.39 is 5.82 Å². The van der Waals surface area contributed by atoms with Crippen LogP contribution >= 0.6 is 15.9 Å². The summed E-state index contributed by atoms with van der Waals surface area (Å²) in [5.41, 5.74) is -0.112. The predicted molar refractivity (Wildman–Crippen MR) is 60.6 cm³/mol. The Morgan fingerprint density at radius 1 is 1.44 bits per heavy atom. The van der Waals surface area contributed by atoms with Gasteiger partial charge in [0, 0.05) is 17.1 Å². The Bertz CT molecular complexity index is 473. The van der Waals surface area contributed by atoms with Crippen molar-refractivity contribution in [2.24, 2.45) is 0 Å². The van der Waals surface area contributed by atoms with E-state index >= 15 is 0 Å². The van der Waals surface area contributed by atoms with Gasteiger partial charge in [0.2, 0.25) is 5.91 Å². The Balaban J connectivity index is 2.05. The fraction of sp³-hybridized carbons (Fsp3) is 0.455. The molecule has 1 saturated heterocycles. The molecule has 0 bridgehead atoms. The lowest BCUT2D eigenvalue weighted by Crippen LogP contribution is -2.36. The molecule has 1 aliphatic carbocycles. The van der Waals surface area contributed by atoms with Crippen LogP contribution in [0.1, 0.15) is 25.7 Å². The highest BCUT2D eigenvalue weighted by atomic mass is 79.9. The van der Waals surface area contributed by atoms with Crippen molar-refractivity contribution in [2.45, 2.75) is 31.2 Å². The number of hydrogen-bond acceptors (Lipinski definition) is 2. The normalized spacial score (nSPS) is 21.9. The molecule has 1 aromatic rings. The van der Waals surface area contributed by atoms with Gasteiger partial charge in [0.25, 0.3) is 0 Å². The average Bonchev–Trinajstić information content (AvgIpc) is 2.93. The van der Waals surface area contributed by atoms with E-state index in [9.17, 15) is 9.18 Å². The number of halogens is 2. The van der Waals surface area contributed by atoms with Crippen molar-refractivity contribution in [2.75, 3.05) is 4.90 Å². The first kappa shape index (κ1) is 10.2. The van der Waals surface area contributed by atoms with E-state index in [4.69, 9.17) is 0 Å². The van der Waals surface area contributed by atoms with Crippen molar-refractivity contribution in [1.82, 2.24) is 4.98 Å². The molecule has 3 rings (SSSR count). The van der Waals surface area contributed by atoms with Gasteiger partial charge in [0.1, 0.15) is 0 Å². The molecule has 5 heteroatoms. The molecule has 0 N–H and O–H groups in total. The summed E-state index contributed by atoms with van der Waals surface area (Å²) >= 11 is 3.16. The van der Waals surface area contributed by atoms with Gasteiger partial charge in [0.05, 0.1) is 5.54 Å². The lowest BCUT2D eigenvalue weighted by Gasteiger charge is -2.23. The first-order valence-corrected chi connectivity index (χ1v) is 6.06. The minimum absolute atomic E-state index is 0.00813. The molecule has 2 aliphatic rings. The van der Waals surface area contributed by atoms with E-state index in [0.29, 0.717) is 10.9 Å². The summed E-state index contributed by atoms with van der Waals surface area (Å²) in [7, 11) is 0. The second-order valence-corrected chi connectivity index (χ2v) is 5.33. The summed E-state index contributed by atoms with van der Waals surface area (Å²) < 4.78 is 14.3. The van der Waals surface area contributed by atoms with Gasteiger partial charge in [-0.15, -0.1) is 0 Å². The van der Waals surface area contributed by atoms with Crippen LogP contribution in [0.25, 0.3) is 0 Å². The molecule has 16 heavy (non-hydrogen) atoms. The smallest absolute Gasteiger partial charge is 0.228 e. The van der Waals surface area contributed by atoms with Gasteiger partial charge >= 0.3 is 0 Å². The lowest BCUT2D eigenvalue weighted by molar-refractivity contribution is -0.117. The molecule has 3 nitrogen and oxygen atoms in total. The zero-order valence-electron chi connectivity index (χ0n) is 8.54. The third kappa shape index (κ3) is 1.38. The average molecular weight is 285 g/mol. The molecular formula is C11H10BrFN2O. The van der Waals surface area contributed by atoms with Crippen molar-refractivity contribution in [3.8, 4) is 0 Å². The van der Waals surface area contributed by atoms with Crippen LogP contribution in [-0.2, 0) is 4.79 Å². The quantitative estimate of drug-likeness (QED) is 0.794. The van der Waals surface area contributed by atoms with Gasteiger partial charge in [-0.05, 0) is 41.3 Å². The molecule has 84 valence electrons. The Morgan fingerprint density at radius 3 is 2.81 bits per heavy atom. The third-order valence-corrected chi connectivity index (χ3v) is 3.79. The van der Waals surface area contributed by atoms with Crippen LogP contribution in [0.3, 0.4) is 0 Å². The number of nitrogens with zero attached hydrogens (tertiary/aromatic N) is 2. The Hall–Kier alpha value is -0.970. The van der Waals surface area contributed by atoms with Crippen LogP contribution in [0.4, 0.5) is 10.2 Å². The molecule has 2 fully saturated rings. The first-order valence-electron chi connectivity index (χ1n) is 5.26. The number of anilines is 1. The van der Waals surface area contributed by atoms with E-state index in [1.807, 2.05) is 0 Å². The van der Waals surface area contributed by atoms with Gasteiger partial charge in [-0.2, -0.15) is 0 Å². The largest absolute Gasteiger partial charge is 0.288 e. The highest BCUT2D eigenvalue weighted by molar-refractivity contribution is 9.10. The molecule has 0 aromatic carbocycles. The van der Waals surface area contributed by atoms with E-state index in [1.54, 1.807) is 4.90 Å². The van der Waals surface area contributed by atoms with Crippen molar-refractivity contribution in [3.63, 3.8) is 0 Å². The van der Waals surface area contributed by atoms with Crippen molar-refractivity contribution in [1.29, 1.82) is 0 Å². The van der Waals surface area contributed by atoms with Gasteiger partial charge in [0.15, 0.2) is 11.6 Å². The number of amides is 1. The van der Waals surface area contributed by atoms with Crippen LogP contribution in [-0.4, -0.2) is 16.4 Å². The number of pyridine rings is 1. The molecule has 1 aromatic heterocycles. The molecule has 2 heterocycles. The minimum atomic E-state index is -0.434. The second kappa shape index (κ2) is 3.26. The van der Waals surface area contributed by atoms with Crippen LogP contribution in [0.15, 0.2) is 16.7 Å². The van der Waals surface area contributed by atoms with Crippen LogP contribution in [0, 0.1) is 5.82 Å². The number of aromatic nitrogens is 1. The standard InChI is InChI=1S/C11H10BrFN2O/c12-7-5-8(13)10(14-6-7)15-9(16)1-2-11(15)3-4-11/h5-6H,1-4H2. The molecule has 1 spiro atoms. The fourth-order valence-electron chi connectivity index (χ4n) is 2.36. The topological polar surface area (TPSA) is 33.2 Å². The summed E-state index contributed by atoms with van der Waals surface area (Å²) in [5.74, 6) is -0.259. The summed E-state index contributed by atoms with van der Waals surface area (Å²) in [6, 6.07) is 1.35. The molecular weight excluding hydrogens is 275 g/mol. The second-order valence-electron chi connectivity index (χ2n) is 4.41. The van der Waals surface area contributed by atoms with E-state index in [1.165, 1.54) is 12.3 Å². The van der Waals surface area contributed by atoms with E-state index in [2.05, 4.69) is 20.9 Å². The zero-order chi connectivity index (χ0) is 11.3. The number of hydrogen-bond donors (Lipinski definition) is 0. The Kier molecular flexibility index (Phi) is 2.08. The first-order chi connectivity index (χ1) is 7.62. The summed E-state index contributed by atoms with van der Waals surface area (Å²) in [5, 5.41) is 0. The molecule has 1 saturated carbocycles. The van der Waals surface area contributed by atoms with E-state index in [-0.39, 0.29) is 17.3 Å². The van der Waals surface area contributed by atoms with E-state index in [0.717, 1.165) is 19.3 Å². The fourth-order valence-corrected chi connectivity index (χ4v) is 2.66. The van der Waals surface area contributed by atoms with Crippen molar-refractivity contribution < 1.29 is 9.18 Å². The Labute approximate surface area is 101 Å². The third-order valence-electron chi connectivity index (χ3n) is 3.36. The molecule has 0 radical (unpaired) electrons. The predicted octanol–water partition coefficient (Wildman–Crippen LogP) is 2.64. The number of carbonyl (C=O) groups excluding carboxylic acids is 1. The highest BCUT2D eigenvalue weighted by Gasteiger charge is 2.55. The SMILES string of the molecule is O=C1CCC2(CC2)N1c1ncc(Br)cc1F. The van der Waals surface area contributed by atoms with Gasteiger partial charge < -0.3 is 0 Å². The zero-order valence-corrected chi connectivity index (χ0v) is 10.1. The maximum atomic E-state index is 13.8. The number of rotatable bonds is 1. The highest BCUT2D eigenvalue weighted by Crippen LogP contribution is 2.51. The molecule has 0 unspecified atom stereocenters. The molecule has 0 atom stereocenters. The molecule has 1 amide bonds. The maximum Gasteiger partial charge on any atom is 0.228 e. The van der Waals surface area contributed by atoms with Crippen LogP contribution in [0.5, 0.6) is 0 Å². The minimum Gasteiger partial charge on any atom is -0.288 e. The number of carbonyl (C=O) groups is 1. The van der Waals surface area contributed by atoms with Crippen LogP contribution < -0.4 is 4.90 Å². The molecule has 1 aliphatic heterocycles. The summed E-state index contributed by atoms with van der Waals surface area (Å²) in [4.78, 5) is 17.4. The Morgan fingerprint density at radius 2 is 2.19 bits per heavy atom. The maximum absolute atomic E-state index is 13.8. The van der Waals surface area contributed by atoms with Crippen LogP contribution in [0.2, 0.25) is 0 Å². The van der Waals surface area contributed by atoms with Gasteiger partial charge in [-0.3, -0.25) is 9.69 Å². The van der Waals surface area contributed by atoms with Gasteiger partial charge in [-0.25, -0.2) is 9.37 Å². The van der Waals surface area contributed by atoms with Crippen molar-refractivity contribution >= 4 is 27.7 Å². The monoisotopic (exact) mass is 284 g/mol. The summed E-state index contributed by atoms with van der Waals surface area (Å²) in [6.07, 6.45) is 4.81. The summed E-state index contributed by atoms with van der Waals surface area (Å²) in [6.45, 7) is 0. The van der Waals surface area contributed by atoms with Gasteiger partial charge in [-0.1, -0.05) is 0 Å². The van der Waals surface area contributed by atoms with Crippen molar-refractivity contribution in [3.05, 3.63) is 22.6 Å². The lowest BCUT2D eigenvalue weighted by atomic mass is 10.2.